The number of fused-ring (bicyclic) bond motifs is 2. The third-order valence-electron chi connectivity index (χ3n) is 5.56. The van der Waals surface area contributed by atoms with E-state index in [1.54, 1.807) is 0 Å². The molecule has 0 aromatic heterocycles. The van der Waals surface area contributed by atoms with Crippen molar-refractivity contribution in [1.29, 1.82) is 0 Å². The average molecular weight is 331 g/mol. The molecule has 1 aliphatic carbocycles. The van der Waals surface area contributed by atoms with Crippen LogP contribution in [0.3, 0.4) is 0 Å². The van der Waals surface area contributed by atoms with Crippen molar-refractivity contribution in [1.82, 2.24) is 4.90 Å². The molecule has 3 atom stereocenters. The highest BCUT2D eigenvalue weighted by Crippen LogP contribution is 2.40. The highest BCUT2D eigenvalue weighted by atomic mass is 15.1. The van der Waals surface area contributed by atoms with Crippen LogP contribution < -0.4 is 0 Å². The van der Waals surface area contributed by atoms with Gasteiger partial charge in [-0.25, -0.2) is 0 Å². The van der Waals surface area contributed by atoms with Crippen molar-refractivity contribution >= 4 is 28.9 Å². The lowest BCUT2D eigenvalue weighted by Gasteiger charge is -2.29. The summed E-state index contributed by atoms with van der Waals surface area (Å²) in [6.45, 7) is 2.16. The van der Waals surface area contributed by atoms with Crippen LogP contribution in [0.4, 0.5) is 5.69 Å². The molecule has 3 nitrogen and oxygen atoms in total. The second-order valence-corrected chi connectivity index (χ2v) is 7.35. The number of benzene rings is 2. The van der Waals surface area contributed by atoms with Crippen LogP contribution in [0.5, 0.6) is 0 Å². The minimum atomic E-state index is 0.335. The molecule has 128 valence electrons. The van der Waals surface area contributed by atoms with Crippen molar-refractivity contribution in [3.8, 4) is 0 Å². The summed E-state index contributed by atoms with van der Waals surface area (Å²) in [5, 5.41) is 2.52. The molecular weight excluding hydrogens is 306 g/mol. The highest BCUT2D eigenvalue weighted by Gasteiger charge is 2.38. The van der Waals surface area contributed by atoms with Crippen LogP contribution in [0.25, 0.3) is 10.8 Å². The number of aryl methyl sites for hydroxylation is 1. The fourth-order valence-corrected chi connectivity index (χ4v) is 4.32. The van der Waals surface area contributed by atoms with Gasteiger partial charge < -0.3 is 4.90 Å². The van der Waals surface area contributed by atoms with Crippen LogP contribution in [-0.4, -0.2) is 37.5 Å². The third-order valence-corrected chi connectivity index (χ3v) is 5.56. The van der Waals surface area contributed by atoms with Gasteiger partial charge in [0.25, 0.3) is 0 Å². The molecule has 1 heterocycles. The van der Waals surface area contributed by atoms with Crippen LogP contribution in [0, 0.1) is 18.8 Å². The van der Waals surface area contributed by atoms with E-state index in [9.17, 15) is 0 Å². The molecule has 3 unspecified atom stereocenters. The lowest BCUT2D eigenvalue weighted by Crippen LogP contribution is -2.30. The van der Waals surface area contributed by atoms with E-state index in [1.807, 2.05) is 6.21 Å². The number of rotatable bonds is 3. The number of nitrogens with zero attached hydrogens (tertiary/aromatic N) is 3. The van der Waals surface area contributed by atoms with Gasteiger partial charge in [0.1, 0.15) is 0 Å². The van der Waals surface area contributed by atoms with E-state index in [-0.39, 0.29) is 0 Å². The van der Waals surface area contributed by atoms with Crippen LogP contribution >= 0.6 is 0 Å². The van der Waals surface area contributed by atoms with E-state index in [2.05, 4.69) is 74.6 Å². The van der Waals surface area contributed by atoms with Gasteiger partial charge in [-0.05, 0) is 42.9 Å². The number of aliphatic imine (C=N–C) groups is 2. The lowest BCUT2D eigenvalue weighted by molar-refractivity contribution is 0.388. The van der Waals surface area contributed by atoms with Gasteiger partial charge in [0, 0.05) is 49.4 Å². The minimum absolute atomic E-state index is 0.335. The maximum atomic E-state index is 4.91. The van der Waals surface area contributed by atoms with Crippen molar-refractivity contribution in [2.45, 2.75) is 25.8 Å². The van der Waals surface area contributed by atoms with Gasteiger partial charge >= 0.3 is 0 Å². The van der Waals surface area contributed by atoms with Gasteiger partial charge in [0.05, 0.1) is 11.7 Å². The fourth-order valence-electron chi connectivity index (χ4n) is 4.32. The Morgan fingerprint density at radius 2 is 1.92 bits per heavy atom. The van der Waals surface area contributed by atoms with Crippen LogP contribution in [-0.2, 0) is 0 Å². The monoisotopic (exact) mass is 331 g/mol. The molecule has 0 bridgehead atoms. The lowest BCUT2D eigenvalue weighted by atomic mass is 9.93. The van der Waals surface area contributed by atoms with Gasteiger partial charge in [-0.2, -0.15) is 0 Å². The number of dihydropyridines is 1. The second kappa shape index (κ2) is 6.47. The van der Waals surface area contributed by atoms with E-state index in [1.165, 1.54) is 28.5 Å². The van der Waals surface area contributed by atoms with E-state index in [0.717, 1.165) is 12.1 Å². The summed E-state index contributed by atoms with van der Waals surface area (Å²) >= 11 is 0. The molecule has 0 spiro atoms. The first-order valence-corrected chi connectivity index (χ1v) is 9.08. The van der Waals surface area contributed by atoms with E-state index in [4.69, 9.17) is 9.98 Å². The molecule has 4 rings (SSSR count). The Labute approximate surface area is 149 Å². The van der Waals surface area contributed by atoms with Gasteiger partial charge in [-0.15, -0.1) is 0 Å². The van der Waals surface area contributed by atoms with Crippen molar-refractivity contribution in [3.63, 3.8) is 0 Å². The first-order valence-electron chi connectivity index (χ1n) is 9.08. The summed E-state index contributed by atoms with van der Waals surface area (Å²) < 4.78 is 0. The first kappa shape index (κ1) is 16.1. The third kappa shape index (κ3) is 2.88. The van der Waals surface area contributed by atoms with Crippen molar-refractivity contribution < 1.29 is 0 Å². The smallest absolute Gasteiger partial charge is 0.0706 e. The molecule has 1 aliphatic heterocycles. The molecule has 2 aliphatic rings. The SMILES string of the molecule is Cc1cccc2cccc(N=CC3CCC4C(N(C)C)=CC=NC34)c12. The maximum absolute atomic E-state index is 4.91. The zero-order chi connectivity index (χ0) is 17.4. The summed E-state index contributed by atoms with van der Waals surface area (Å²) in [5.41, 5.74) is 3.75. The number of hydrogen-bond acceptors (Lipinski definition) is 3. The van der Waals surface area contributed by atoms with Gasteiger partial charge in [-0.1, -0.05) is 30.3 Å². The largest absolute Gasteiger partial charge is 0.381 e. The zero-order valence-corrected chi connectivity index (χ0v) is 15.2. The molecule has 25 heavy (non-hydrogen) atoms. The Morgan fingerprint density at radius 1 is 1.12 bits per heavy atom. The minimum Gasteiger partial charge on any atom is -0.381 e. The van der Waals surface area contributed by atoms with Crippen molar-refractivity contribution in [2.24, 2.45) is 21.8 Å². The number of allylic oxidation sites excluding steroid dienone is 1. The Balaban J connectivity index is 1.62. The Bertz CT molecular complexity index is 871. The summed E-state index contributed by atoms with van der Waals surface area (Å²) in [6.07, 6.45) is 8.64. The van der Waals surface area contributed by atoms with Crippen LogP contribution in [0.1, 0.15) is 18.4 Å². The molecule has 0 amide bonds. The molecule has 0 saturated heterocycles. The molecule has 0 radical (unpaired) electrons. The predicted molar refractivity (Wildman–Crippen MR) is 107 cm³/mol. The van der Waals surface area contributed by atoms with E-state index < -0.39 is 0 Å². The quantitative estimate of drug-likeness (QED) is 0.744. The molecule has 1 fully saturated rings. The highest BCUT2D eigenvalue weighted by molar-refractivity contribution is 5.96. The second-order valence-electron chi connectivity index (χ2n) is 7.35. The zero-order valence-electron chi connectivity index (χ0n) is 15.2. The molecule has 0 N–H and O–H groups in total. The Morgan fingerprint density at radius 3 is 2.72 bits per heavy atom. The van der Waals surface area contributed by atoms with E-state index >= 15 is 0 Å². The average Bonchev–Trinajstić information content (AvgIpc) is 3.03. The summed E-state index contributed by atoms with van der Waals surface area (Å²) in [7, 11) is 4.25. The molecular formula is C22H25N3. The molecule has 3 heteroatoms. The van der Waals surface area contributed by atoms with Crippen LogP contribution in [0.2, 0.25) is 0 Å². The van der Waals surface area contributed by atoms with Gasteiger partial charge in [0.15, 0.2) is 0 Å². The predicted octanol–water partition coefficient (Wildman–Crippen LogP) is 4.78. The van der Waals surface area contributed by atoms with Gasteiger partial charge in [-0.3, -0.25) is 9.98 Å². The fraction of sp³-hybridized carbons (Fsp3) is 0.364. The first-order chi connectivity index (χ1) is 12.1. The maximum Gasteiger partial charge on any atom is 0.0706 e. The van der Waals surface area contributed by atoms with Crippen molar-refractivity contribution in [2.75, 3.05) is 14.1 Å². The van der Waals surface area contributed by atoms with Crippen molar-refractivity contribution in [3.05, 3.63) is 53.7 Å². The summed E-state index contributed by atoms with van der Waals surface area (Å²) in [5.74, 6) is 0.954. The topological polar surface area (TPSA) is 28.0 Å². The summed E-state index contributed by atoms with van der Waals surface area (Å²) in [6, 6.07) is 13.1. The Hall–Kier alpha value is -2.42. The van der Waals surface area contributed by atoms with Crippen LogP contribution in [0.15, 0.2) is 58.2 Å². The number of hydrogen-bond donors (Lipinski definition) is 0. The summed E-state index contributed by atoms with van der Waals surface area (Å²) in [4.78, 5) is 11.9. The molecule has 1 saturated carbocycles. The molecule has 2 aromatic rings. The van der Waals surface area contributed by atoms with Gasteiger partial charge in [0.2, 0.25) is 0 Å². The van der Waals surface area contributed by atoms with E-state index in [0.29, 0.717) is 17.9 Å². The molecule has 2 aromatic carbocycles. The standard InChI is InChI=1S/C22H25N3/c1-15-6-4-7-16-8-5-9-19(21(15)16)24-14-17-10-11-18-20(25(2)3)12-13-23-22(17)18/h4-9,12-14,17-18,22H,10-11H2,1-3H3. The Kier molecular flexibility index (Phi) is 4.16. The normalized spacial score (nSPS) is 25.4.